The lowest BCUT2D eigenvalue weighted by molar-refractivity contribution is -0.113. The van der Waals surface area contributed by atoms with E-state index in [-0.39, 0.29) is 0 Å². The van der Waals surface area contributed by atoms with Crippen molar-refractivity contribution < 1.29 is 4.74 Å². The summed E-state index contributed by atoms with van der Waals surface area (Å²) in [6.45, 7) is 15.7. The molecule has 1 aliphatic heterocycles. The third-order valence-electron chi connectivity index (χ3n) is 12.2. The van der Waals surface area contributed by atoms with Crippen LogP contribution in [0.4, 0.5) is 0 Å². The molecule has 0 bridgehead atoms. The summed E-state index contributed by atoms with van der Waals surface area (Å²) in [5.74, 6) is 9.13. The Morgan fingerprint density at radius 3 is 2.38 bits per heavy atom. The van der Waals surface area contributed by atoms with E-state index in [2.05, 4.69) is 65.1 Å². The summed E-state index contributed by atoms with van der Waals surface area (Å²) < 4.78 is 7.02. The van der Waals surface area contributed by atoms with Crippen molar-refractivity contribution >= 4 is 51.9 Å². The molecular weight excluding hydrogens is 529 g/mol. The van der Waals surface area contributed by atoms with Crippen LogP contribution in [0.1, 0.15) is 112 Å². The Labute approximate surface area is 247 Å². The molecule has 0 aromatic heterocycles. The summed E-state index contributed by atoms with van der Waals surface area (Å²) >= 11 is 12.2. The van der Waals surface area contributed by atoms with Crippen molar-refractivity contribution in [2.75, 3.05) is 18.1 Å². The van der Waals surface area contributed by atoms with Crippen LogP contribution in [-0.4, -0.2) is 31.8 Å². The van der Waals surface area contributed by atoms with Crippen LogP contribution in [0, 0.1) is 52.3 Å². The molecule has 1 nitrogen and oxygen atoms in total. The minimum Gasteiger partial charge on any atom is -0.479 e. The number of hydrogen-bond acceptors (Lipinski definition) is 5. The molecule has 0 aromatic carbocycles. The Hall–Kier alpha value is 0.940. The van der Waals surface area contributed by atoms with Crippen molar-refractivity contribution in [2.24, 2.45) is 52.3 Å². The van der Waals surface area contributed by atoms with Crippen molar-refractivity contribution in [2.45, 2.75) is 122 Å². The first-order chi connectivity index (χ1) is 17.6. The van der Waals surface area contributed by atoms with Gasteiger partial charge in [-0.3, -0.25) is 0 Å². The molecular formula is C32H54OS4. The van der Waals surface area contributed by atoms with Crippen LogP contribution in [0.3, 0.4) is 0 Å². The lowest BCUT2D eigenvalue weighted by Crippen LogP contribution is -2.58. The quantitative estimate of drug-likeness (QED) is 0.275. The highest BCUT2D eigenvalue weighted by Gasteiger charge is 2.64. The van der Waals surface area contributed by atoms with E-state index in [0.717, 1.165) is 45.8 Å². The first-order valence-corrected chi connectivity index (χ1v) is 19.0. The maximum Gasteiger partial charge on any atom is 0.220 e. The molecule has 4 aliphatic carbocycles. The van der Waals surface area contributed by atoms with E-state index in [1.807, 2.05) is 11.8 Å². The molecule has 0 N–H and O–H groups in total. The molecule has 212 valence electrons. The van der Waals surface area contributed by atoms with Crippen molar-refractivity contribution in [1.29, 1.82) is 0 Å². The summed E-state index contributed by atoms with van der Waals surface area (Å²) in [4.78, 5) is 0. The summed E-state index contributed by atoms with van der Waals surface area (Å²) in [6, 6.07) is 0. The highest BCUT2D eigenvalue weighted by atomic mass is 32.2. The molecule has 9 atom stereocenters. The van der Waals surface area contributed by atoms with Crippen molar-refractivity contribution in [3.63, 3.8) is 0 Å². The van der Waals surface area contributed by atoms with Gasteiger partial charge in [0.15, 0.2) is 0 Å². The normalized spacial score (nSPS) is 43.3. The third-order valence-corrected chi connectivity index (χ3v) is 17.7. The van der Waals surface area contributed by atoms with E-state index in [1.165, 1.54) is 82.1 Å². The van der Waals surface area contributed by atoms with Gasteiger partial charge >= 0.3 is 0 Å². The van der Waals surface area contributed by atoms with E-state index in [9.17, 15) is 0 Å². The van der Waals surface area contributed by atoms with Crippen LogP contribution in [0.2, 0.25) is 0 Å². The zero-order valence-corrected chi connectivity index (χ0v) is 27.8. The molecule has 5 heteroatoms. The molecule has 5 aliphatic rings. The van der Waals surface area contributed by atoms with Gasteiger partial charge in [-0.15, -0.1) is 23.5 Å². The number of thiocarbonyl (C=S) groups is 1. The van der Waals surface area contributed by atoms with E-state index in [4.69, 9.17) is 17.0 Å². The van der Waals surface area contributed by atoms with Crippen LogP contribution in [-0.2, 0) is 4.74 Å². The topological polar surface area (TPSA) is 9.23 Å². The lowest BCUT2D eigenvalue weighted by Gasteiger charge is -2.63. The molecule has 37 heavy (non-hydrogen) atoms. The fraction of sp³-hybridized carbons (Fsp3) is 0.969. The minimum absolute atomic E-state index is 0.371. The van der Waals surface area contributed by atoms with Gasteiger partial charge in [-0.1, -0.05) is 65.6 Å². The molecule has 9 unspecified atom stereocenters. The Balaban J connectivity index is 1.33. The van der Waals surface area contributed by atoms with Crippen LogP contribution in [0.5, 0.6) is 0 Å². The predicted octanol–water partition coefficient (Wildman–Crippen LogP) is 10.3. The summed E-state index contributed by atoms with van der Waals surface area (Å²) in [7, 11) is 0. The third kappa shape index (κ3) is 5.45. The van der Waals surface area contributed by atoms with Gasteiger partial charge in [-0.05, 0) is 123 Å². The molecule has 1 saturated heterocycles. The van der Waals surface area contributed by atoms with Gasteiger partial charge in [0, 0.05) is 16.8 Å². The second kappa shape index (κ2) is 11.7. The average Bonchev–Trinajstić information content (AvgIpc) is 3.44. The van der Waals surface area contributed by atoms with Gasteiger partial charge < -0.3 is 4.74 Å². The zero-order chi connectivity index (χ0) is 26.4. The largest absolute Gasteiger partial charge is 0.479 e. The van der Waals surface area contributed by atoms with Crippen LogP contribution < -0.4 is 0 Å². The average molecular weight is 583 g/mol. The molecule has 0 radical (unpaired) electrons. The van der Waals surface area contributed by atoms with Gasteiger partial charge in [0.05, 0.1) is 10.7 Å². The van der Waals surface area contributed by atoms with E-state index in [0.29, 0.717) is 26.8 Å². The highest BCUT2D eigenvalue weighted by molar-refractivity contribution is 8.26. The summed E-state index contributed by atoms with van der Waals surface area (Å²) in [6.07, 6.45) is 16.1. The van der Waals surface area contributed by atoms with E-state index < -0.39 is 0 Å². The Bertz CT molecular complexity index is 809. The number of fused-ring (bicyclic) bond motifs is 5. The predicted molar refractivity (Wildman–Crippen MR) is 172 cm³/mol. The maximum atomic E-state index is 5.84. The van der Waals surface area contributed by atoms with Crippen molar-refractivity contribution in [3.05, 3.63) is 0 Å². The summed E-state index contributed by atoms with van der Waals surface area (Å²) in [5.41, 5.74) is 1.08. The Morgan fingerprint density at radius 2 is 1.68 bits per heavy atom. The van der Waals surface area contributed by atoms with Gasteiger partial charge in [0.25, 0.3) is 0 Å². The van der Waals surface area contributed by atoms with Gasteiger partial charge in [0.2, 0.25) is 4.38 Å². The number of hydrogen-bond donors (Lipinski definition) is 0. The second-order valence-electron chi connectivity index (χ2n) is 14.4. The molecule has 5 rings (SSSR count). The molecule has 5 fully saturated rings. The molecule has 1 spiro atoms. The molecule has 1 heterocycles. The van der Waals surface area contributed by atoms with Gasteiger partial charge in [-0.25, -0.2) is 0 Å². The smallest absolute Gasteiger partial charge is 0.220 e. The Morgan fingerprint density at radius 1 is 0.946 bits per heavy atom. The second-order valence-corrected chi connectivity index (χ2v) is 19.3. The molecule has 4 saturated carbocycles. The monoisotopic (exact) mass is 582 g/mol. The van der Waals surface area contributed by atoms with Crippen LogP contribution >= 0.6 is 47.5 Å². The fourth-order valence-electron chi connectivity index (χ4n) is 10.4. The standard InChI is InChI=1S/C32H54OS4/c1-7-33-29(34)37-28-20-31(6)23(19-32(28)35-17-18-36-32)11-12-24-26-14-13-25(22(4)10-8-9-21(2)3)30(26,5)16-15-27(24)31/h21-28H,7-20H2,1-6H3. The minimum atomic E-state index is 0.371. The zero-order valence-electron chi connectivity index (χ0n) is 24.6. The van der Waals surface area contributed by atoms with Gasteiger partial charge in [0.1, 0.15) is 0 Å². The summed E-state index contributed by atoms with van der Waals surface area (Å²) in [5, 5.41) is 0.606. The highest BCUT2D eigenvalue weighted by Crippen LogP contribution is 2.72. The van der Waals surface area contributed by atoms with Crippen molar-refractivity contribution in [3.8, 4) is 0 Å². The first-order valence-electron chi connectivity index (χ1n) is 15.7. The Kier molecular flexibility index (Phi) is 9.28. The number of ether oxygens (including phenoxy) is 1. The first kappa shape index (κ1) is 29.4. The fourth-order valence-corrected chi connectivity index (χ4v) is 16.1. The van der Waals surface area contributed by atoms with E-state index in [1.54, 1.807) is 0 Å². The van der Waals surface area contributed by atoms with Gasteiger partial charge in [-0.2, -0.15) is 0 Å². The molecule has 0 amide bonds. The lowest BCUT2D eigenvalue weighted by atomic mass is 9.44. The molecule has 0 aromatic rings. The van der Waals surface area contributed by atoms with Crippen molar-refractivity contribution in [1.82, 2.24) is 0 Å². The SMILES string of the molecule is CCOC(=S)SC1CC2(C)C(CCC3C2CCC2(C)C(C(C)CCCC(C)C)CCC32)CC12SCCS2. The van der Waals surface area contributed by atoms with E-state index >= 15 is 0 Å². The van der Waals surface area contributed by atoms with Crippen LogP contribution in [0.15, 0.2) is 0 Å². The maximum absolute atomic E-state index is 5.84. The number of rotatable bonds is 7. The number of thioether (sulfide) groups is 3. The van der Waals surface area contributed by atoms with Crippen LogP contribution in [0.25, 0.3) is 0 Å².